The number of aliphatic hydroxyl groups is 1. The van der Waals surface area contributed by atoms with Crippen LogP contribution in [0.2, 0.25) is 0 Å². The first-order valence-corrected chi connectivity index (χ1v) is 14.0. The van der Waals surface area contributed by atoms with Crippen molar-refractivity contribution < 1.29 is 49.8 Å². The van der Waals surface area contributed by atoms with Gasteiger partial charge in [-0.05, 0) is 60.6 Å². The normalized spacial score (nSPS) is 19.2. The number of halogens is 9. The molecule has 2 N–H and O–H groups in total. The smallest absolute Gasteiger partial charge is 0.451 e. The van der Waals surface area contributed by atoms with E-state index in [1.54, 1.807) is 22.6 Å². The number of benzene rings is 1. The number of hydrazine groups is 1. The summed E-state index contributed by atoms with van der Waals surface area (Å²) < 4.78 is 108. The van der Waals surface area contributed by atoms with Crippen LogP contribution in [0.15, 0.2) is 48.0 Å². The number of pyridine rings is 1. The van der Waals surface area contributed by atoms with Crippen LogP contribution in [0.25, 0.3) is 11.3 Å². The Hall–Kier alpha value is -3.94. The van der Waals surface area contributed by atoms with E-state index in [1.807, 2.05) is 0 Å². The van der Waals surface area contributed by atoms with Crippen molar-refractivity contribution in [2.24, 2.45) is 0 Å². The summed E-state index contributed by atoms with van der Waals surface area (Å²) in [7, 11) is 0. The van der Waals surface area contributed by atoms with Gasteiger partial charge in [0.2, 0.25) is 5.82 Å². The van der Waals surface area contributed by atoms with Gasteiger partial charge in [0, 0.05) is 23.9 Å². The maximum Gasteiger partial charge on any atom is 0.451 e. The first-order chi connectivity index (χ1) is 20.9. The Bertz CT molecular complexity index is 1730. The predicted molar refractivity (Wildman–Crippen MR) is 148 cm³/mol. The van der Waals surface area contributed by atoms with Crippen LogP contribution in [0, 0.1) is 15.2 Å². The van der Waals surface area contributed by atoms with Crippen LogP contribution < -0.4 is 5.32 Å². The molecule has 1 atom stereocenters. The lowest BCUT2D eigenvalue weighted by atomic mass is 9.90. The fraction of sp³-hybridized carbons (Fsp3) is 0.296. The highest BCUT2D eigenvalue weighted by Gasteiger charge is 2.53. The van der Waals surface area contributed by atoms with Crippen molar-refractivity contribution in [3.63, 3.8) is 0 Å². The number of rotatable bonds is 5. The van der Waals surface area contributed by atoms with E-state index in [1.165, 1.54) is 24.1 Å². The lowest BCUT2D eigenvalue weighted by Crippen LogP contribution is -2.60. The van der Waals surface area contributed by atoms with E-state index in [4.69, 9.17) is 0 Å². The van der Waals surface area contributed by atoms with Crippen molar-refractivity contribution in [3.05, 3.63) is 80.3 Å². The molecule has 2 aliphatic rings. The van der Waals surface area contributed by atoms with E-state index in [0.29, 0.717) is 24.9 Å². The molecule has 1 aromatic carbocycles. The number of carbonyl (C=O) groups excluding carboxylic acids is 2. The molecule has 1 fully saturated rings. The molecule has 0 aliphatic carbocycles. The number of hydrogen-bond donors (Lipinski definition) is 2. The van der Waals surface area contributed by atoms with E-state index in [0.717, 1.165) is 11.1 Å². The third-order valence-corrected chi connectivity index (χ3v) is 8.20. The predicted octanol–water partition coefficient (Wildman–Crippen LogP) is 6.02. The number of aliphatic hydroxyl groups excluding tert-OH is 1. The average Bonchev–Trinajstić information content (AvgIpc) is 3.37. The lowest BCUT2D eigenvalue weighted by Gasteiger charge is -2.46. The molecule has 2 aromatic heterocycles. The van der Waals surface area contributed by atoms with Gasteiger partial charge in [-0.25, -0.2) is 23.8 Å². The maximum absolute atomic E-state index is 14.8. The fourth-order valence-corrected chi connectivity index (χ4v) is 5.53. The van der Waals surface area contributed by atoms with Crippen molar-refractivity contribution in [1.82, 2.24) is 25.0 Å². The summed E-state index contributed by atoms with van der Waals surface area (Å²) >= 11 is 1.59. The number of nitrogens with one attached hydrogen (secondary N) is 1. The molecule has 2 amide bonds. The van der Waals surface area contributed by atoms with Gasteiger partial charge in [0.1, 0.15) is 17.0 Å². The molecule has 0 bridgehead atoms. The number of fused-ring (bicyclic) bond motifs is 1. The number of carbonyl (C=O) groups is 2. The highest BCUT2D eigenvalue weighted by molar-refractivity contribution is 14.1. The Morgan fingerprint density at radius 1 is 1.04 bits per heavy atom. The molecule has 1 saturated heterocycles. The second-order valence-electron chi connectivity index (χ2n) is 10.3. The molecule has 0 unspecified atom stereocenters. The highest BCUT2D eigenvalue weighted by Crippen LogP contribution is 2.42. The van der Waals surface area contributed by atoms with Crippen LogP contribution in [0.5, 0.6) is 0 Å². The third-order valence-electron chi connectivity index (χ3n) is 7.37. The van der Waals surface area contributed by atoms with Crippen LogP contribution in [0.1, 0.15) is 36.8 Å². The molecule has 45 heavy (non-hydrogen) atoms. The van der Waals surface area contributed by atoms with E-state index in [2.05, 4.69) is 20.3 Å². The summed E-state index contributed by atoms with van der Waals surface area (Å²) in [4.78, 5) is 37.0. The Morgan fingerprint density at radius 3 is 2.38 bits per heavy atom. The van der Waals surface area contributed by atoms with Gasteiger partial charge < -0.3 is 10.4 Å². The van der Waals surface area contributed by atoms with Crippen LogP contribution >= 0.6 is 22.6 Å². The Balaban J connectivity index is 1.54. The number of hydrogen-bond acceptors (Lipinski definition) is 7. The monoisotopic (exact) mass is 754 g/mol. The molecule has 4 heterocycles. The second-order valence-corrected chi connectivity index (χ2v) is 11.4. The van der Waals surface area contributed by atoms with Gasteiger partial charge in [-0.1, -0.05) is 6.07 Å². The summed E-state index contributed by atoms with van der Waals surface area (Å²) in [5.74, 6) is -7.19. The van der Waals surface area contributed by atoms with E-state index in [9.17, 15) is 49.8 Å². The topological polar surface area (TPSA) is 112 Å². The van der Waals surface area contributed by atoms with Crippen LogP contribution in [0.4, 0.5) is 40.8 Å². The molecular weight excluding hydrogens is 735 g/mol. The first-order valence-electron chi connectivity index (χ1n) is 12.9. The van der Waals surface area contributed by atoms with Crippen LogP contribution in [-0.4, -0.2) is 54.0 Å². The zero-order valence-electron chi connectivity index (χ0n) is 22.7. The minimum absolute atomic E-state index is 0.0137. The molecule has 5 rings (SSSR count). The summed E-state index contributed by atoms with van der Waals surface area (Å²) in [5.41, 5.74) is -5.38. The first kappa shape index (κ1) is 32.5. The number of alkyl halides is 6. The summed E-state index contributed by atoms with van der Waals surface area (Å²) in [5, 5.41) is 15.7. The van der Waals surface area contributed by atoms with E-state index in [-0.39, 0.29) is 27.7 Å². The summed E-state index contributed by atoms with van der Waals surface area (Å²) in [6.07, 6.45) is -8.14. The quantitative estimate of drug-likeness (QED) is 0.142. The fourth-order valence-electron chi connectivity index (χ4n) is 5.11. The number of anilines is 1. The zero-order chi connectivity index (χ0) is 33.1. The SMILES string of the molecule is C[C@]12CCCN1N(Cc1ccc(I)c(F)c1F)C(=O)C(C(=O)Nc1cnc(C(F)(F)F)nc1-c1ccc(C(F)(F)F)nc1)=C2O. The van der Waals surface area contributed by atoms with Crippen LogP contribution in [-0.2, 0) is 28.5 Å². The standard InChI is InChI=1S/C27H19F8IN6O3/c1-25-7-2-8-42(25)41(11-13-3-5-14(36)19(29)18(13)28)23(45)17(21(25)43)22(44)39-15-10-38-24(27(33,34)35)40-20(15)12-4-6-16(37-9-12)26(30,31)32/h3-6,9-10,43H,2,7-8,11H2,1H3,(H,39,44)/t25-/m1/s1. The molecule has 18 heteroatoms. The Morgan fingerprint density at radius 2 is 1.76 bits per heavy atom. The molecule has 9 nitrogen and oxygen atoms in total. The number of aromatic nitrogens is 3. The minimum atomic E-state index is -5.08. The number of amides is 2. The van der Waals surface area contributed by atoms with Gasteiger partial charge in [0.25, 0.3) is 11.8 Å². The summed E-state index contributed by atoms with van der Waals surface area (Å²) in [6.45, 7) is 1.17. The van der Waals surface area contributed by atoms with Gasteiger partial charge in [-0.3, -0.25) is 19.6 Å². The van der Waals surface area contributed by atoms with Crippen molar-refractivity contribution in [1.29, 1.82) is 0 Å². The van der Waals surface area contributed by atoms with Crippen LogP contribution in [0.3, 0.4) is 0 Å². The third kappa shape index (κ3) is 5.91. The Kier molecular flexibility index (Phi) is 8.26. The summed E-state index contributed by atoms with van der Waals surface area (Å²) in [6, 6.07) is 3.82. The van der Waals surface area contributed by atoms with Crippen molar-refractivity contribution in [2.45, 2.75) is 44.2 Å². The lowest BCUT2D eigenvalue weighted by molar-refractivity contribution is -0.160. The van der Waals surface area contributed by atoms with Crippen molar-refractivity contribution in [3.8, 4) is 11.3 Å². The van der Waals surface area contributed by atoms with E-state index >= 15 is 0 Å². The van der Waals surface area contributed by atoms with E-state index < -0.39 is 82.1 Å². The maximum atomic E-state index is 14.8. The van der Waals surface area contributed by atoms with Gasteiger partial charge in [-0.2, -0.15) is 26.3 Å². The molecule has 0 spiro atoms. The van der Waals surface area contributed by atoms with Gasteiger partial charge in [0.15, 0.2) is 11.6 Å². The molecular formula is C27H19F8IN6O3. The van der Waals surface area contributed by atoms with Gasteiger partial charge in [0.05, 0.1) is 33.2 Å². The van der Waals surface area contributed by atoms with Crippen molar-refractivity contribution in [2.75, 3.05) is 11.9 Å². The average molecular weight is 754 g/mol. The molecule has 238 valence electrons. The van der Waals surface area contributed by atoms with Crippen molar-refractivity contribution >= 4 is 40.1 Å². The molecule has 3 aromatic rings. The minimum Gasteiger partial charge on any atom is -0.509 e. The highest BCUT2D eigenvalue weighted by atomic mass is 127. The Labute approximate surface area is 262 Å². The van der Waals surface area contributed by atoms with Gasteiger partial charge in [-0.15, -0.1) is 0 Å². The second kappa shape index (κ2) is 11.5. The van der Waals surface area contributed by atoms with Gasteiger partial charge >= 0.3 is 12.4 Å². The largest absolute Gasteiger partial charge is 0.509 e. The zero-order valence-corrected chi connectivity index (χ0v) is 24.9. The molecule has 2 aliphatic heterocycles. The number of nitrogens with zero attached hydrogens (tertiary/aromatic N) is 5. The molecule has 0 saturated carbocycles. The molecule has 0 radical (unpaired) electrons.